The quantitative estimate of drug-likeness (QED) is 0.414. The molecule has 5 rings (SSSR count). The van der Waals surface area contributed by atoms with Gasteiger partial charge in [0.15, 0.2) is 0 Å². The van der Waals surface area contributed by atoms with E-state index in [9.17, 15) is 4.39 Å². The van der Waals surface area contributed by atoms with Crippen LogP contribution in [0.2, 0.25) is 0 Å². The van der Waals surface area contributed by atoms with E-state index in [-0.39, 0.29) is 5.82 Å². The van der Waals surface area contributed by atoms with Gasteiger partial charge in [-0.1, -0.05) is 48.5 Å². The maximum Gasteiger partial charge on any atom is 0.247 e. The van der Waals surface area contributed by atoms with Crippen LogP contribution in [0, 0.1) is 19.7 Å². The molecule has 0 amide bonds. The molecule has 1 saturated heterocycles. The predicted molar refractivity (Wildman–Crippen MR) is 128 cm³/mol. The molecule has 1 aliphatic heterocycles. The smallest absolute Gasteiger partial charge is 0.247 e. The van der Waals surface area contributed by atoms with Crippen LogP contribution in [0.25, 0.3) is 11.5 Å². The van der Waals surface area contributed by atoms with Crippen molar-refractivity contribution >= 4 is 5.69 Å². The average molecular weight is 443 g/mol. The second kappa shape index (κ2) is 9.16. The van der Waals surface area contributed by atoms with E-state index in [2.05, 4.69) is 52.0 Å². The maximum atomic E-state index is 14.9. The van der Waals surface area contributed by atoms with Crippen LogP contribution >= 0.6 is 0 Å². The first kappa shape index (κ1) is 21.3. The lowest BCUT2D eigenvalue weighted by atomic mass is 10.0. The molecule has 0 aliphatic carbocycles. The van der Waals surface area contributed by atoms with E-state index in [0.717, 1.165) is 31.7 Å². The van der Waals surface area contributed by atoms with Gasteiger partial charge in [0, 0.05) is 43.0 Å². The molecule has 1 fully saturated rings. The number of nitrogens with zero attached hydrogens (tertiary/aromatic N) is 4. The zero-order valence-electron chi connectivity index (χ0n) is 18.9. The summed E-state index contributed by atoms with van der Waals surface area (Å²) in [6.45, 7) is 7.51. The molecule has 5 nitrogen and oxygen atoms in total. The van der Waals surface area contributed by atoms with Crippen molar-refractivity contribution in [1.29, 1.82) is 0 Å². The zero-order valence-corrected chi connectivity index (χ0v) is 18.9. The Morgan fingerprint density at radius 2 is 1.55 bits per heavy atom. The van der Waals surface area contributed by atoms with Gasteiger partial charge in [-0.3, -0.25) is 4.90 Å². The van der Waals surface area contributed by atoms with Gasteiger partial charge in [-0.2, -0.15) is 0 Å². The van der Waals surface area contributed by atoms with Gasteiger partial charge >= 0.3 is 0 Å². The highest BCUT2D eigenvalue weighted by molar-refractivity contribution is 5.56. The zero-order chi connectivity index (χ0) is 22.8. The summed E-state index contributed by atoms with van der Waals surface area (Å²) in [4.78, 5) is 4.64. The second-order valence-electron chi connectivity index (χ2n) is 8.48. The number of anilines is 1. The first-order valence-electron chi connectivity index (χ1n) is 11.3. The average Bonchev–Trinajstić information content (AvgIpc) is 3.33. The summed E-state index contributed by atoms with van der Waals surface area (Å²) in [6, 6.07) is 22.5. The minimum atomic E-state index is -0.433. The van der Waals surface area contributed by atoms with E-state index in [0.29, 0.717) is 17.3 Å². The Bertz CT molecular complexity index is 1230. The third-order valence-corrected chi connectivity index (χ3v) is 6.49. The summed E-state index contributed by atoms with van der Waals surface area (Å²) in [5.41, 5.74) is 5.27. The fraction of sp³-hybridized carbons (Fsp3) is 0.259. The van der Waals surface area contributed by atoms with Gasteiger partial charge in [0.25, 0.3) is 0 Å². The summed E-state index contributed by atoms with van der Waals surface area (Å²) in [5.74, 6) is 0.596. The Hall–Kier alpha value is -3.51. The Labute approximate surface area is 193 Å². The molecule has 0 radical (unpaired) electrons. The number of halogens is 1. The standard InChI is InChI=1S/C27H27FN4O/c1-19-9-8-14-24(20(19)2)31-15-17-32(18-16-31)25(22-12-6-7-13-23(22)28)27-30-29-26(33-27)21-10-4-3-5-11-21/h3-14,25H,15-18H2,1-2H3/t25-/m0/s1. The number of aryl methyl sites for hydroxylation is 1. The molecule has 3 aromatic carbocycles. The molecule has 4 aromatic rings. The van der Waals surface area contributed by atoms with Crippen molar-refractivity contribution < 1.29 is 8.81 Å². The van der Waals surface area contributed by atoms with Crippen LogP contribution in [-0.2, 0) is 0 Å². The molecular weight excluding hydrogens is 415 g/mol. The van der Waals surface area contributed by atoms with Crippen molar-refractivity contribution in [2.24, 2.45) is 0 Å². The van der Waals surface area contributed by atoms with E-state index in [4.69, 9.17) is 4.42 Å². The molecule has 0 spiro atoms. The van der Waals surface area contributed by atoms with Crippen LogP contribution in [0.4, 0.5) is 10.1 Å². The molecule has 1 aromatic heterocycles. The van der Waals surface area contributed by atoms with Crippen LogP contribution in [0.5, 0.6) is 0 Å². The summed E-state index contributed by atoms with van der Waals surface area (Å²) in [5, 5.41) is 8.61. The fourth-order valence-electron chi connectivity index (χ4n) is 4.52. The molecular formula is C27H27FN4O. The van der Waals surface area contributed by atoms with E-state index < -0.39 is 6.04 Å². The lowest BCUT2D eigenvalue weighted by Crippen LogP contribution is -2.48. The van der Waals surface area contributed by atoms with E-state index in [1.54, 1.807) is 6.07 Å². The van der Waals surface area contributed by atoms with Gasteiger partial charge in [0.1, 0.15) is 11.9 Å². The number of piperazine rings is 1. The molecule has 1 aliphatic rings. The minimum absolute atomic E-state index is 0.265. The van der Waals surface area contributed by atoms with Crippen molar-refractivity contribution in [3.05, 3.63) is 101 Å². The summed E-state index contributed by atoms with van der Waals surface area (Å²) in [6.07, 6.45) is 0. The highest BCUT2D eigenvalue weighted by Crippen LogP contribution is 2.33. The molecule has 0 saturated carbocycles. The Balaban J connectivity index is 1.44. The lowest BCUT2D eigenvalue weighted by molar-refractivity contribution is 0.184. The van der Waals surface area contributed by atoms with Crippen LogP contribution in [0.15, 0.2) is 77.2 Å². The van der Waals surface area contributed by atoms with Gasteiger partial charge in [0.2, 0.25) is 11.8 Å². The molecule has 0 unspecified atom stereocenters. The van der Waals surface area contributed by atoms with Crippen molar-refractivity contribution in [2.45, 2.75) is 19.9 Å². The molecule has 1 atom stereocenters. The molecule has 33 heavy (non-hydrogen) atoms. The van der Waals surface area contributed by atoms with Gasteiger partial charge in [-0.05, 0) is 49.2 Å². The topological polar surface area (TPSA) is 45.4 Å². The highest BCUT2D eigenvalue weighted by Gasteiger charge is 2.32. The lowest BCUT2D eigenvalue weighted by Gasteiger charge is -2.39. The third kappa shape index (κ3) is 4.26. The highest BCUT2D eigenvalue weighted by atomic mass is 19.1. The molecule has 2 heterocycles. The first-order chi connectivity index (χ1) is 16.1. The van der Waals surface area contributed by atoms with Gasteiger partial charge in [0.05, 0.1) is 0 Å². The number of benzene rings is 3. The second-order valence-corrected chi connectivity index (χ2v) is 8.48. The number of hydrogen-bond acceptors (Lipinski definition) is 5. The van der Waals surface area contributed by atoms with Gasteiger partial charge in [-0.15, -0.1) is 10.2 Å². The van der Waals surface area contributed by atoms with Crippen molar-refractivity contribution in [2.75, 3.05) is 31.1 Å². The number of rotatable bonds is 5. The SMILES string of the molecule is Cc1cccc(N2CCN([C@H](c3nnc(-c4ccccc4)o3)c3ccccc3F)CC2)c1C. The Morgan fingerprint density at radius 1 is 0.818 bits per heavy atom. The first-order valence-corrected chi connectivity index (χ1v) is 11.3. The van der Waals surface area contributed by atoms with E-state index >= 15 is 0 Å². The Morgan fingerprint density at radius 3 is 2.30 bits per heavy atom. The van der Waals surface area contributed by atoms with Crippen LogP contribution in [0.1, 0.15) is 28.6 Å². The van der Waals surface area contributed by atoms with Gasteiger partial charge in [-0.25, -0.2) is 4.39 Å². The van der Waals surface area contributed by atoms with Gasteiger partial charge < -0.3 is 9.32 Å². The summed E-state index contributed by atoms with van der Waals surface area (Å²) < 4.78 is 21.0. The van der Waals surface area contributed by atoms with E-state index in [1.807, 2.05) is 42.5 Å². The predicted octanol–water partition coefficient (Wildman–Crippen LogP) is 5.40. The Kier molecular flexibility index (Phi) is 5.92. The molecule has 6 heteroatoms. The number of hydrogen-bond donors (Lipinski definition) is 0. The molecule has 168 valence electrons. The largest absolute Gasteiger partial charge is 0.419 e. The number of aromatic nitrogens is 2. The van der Waals surface area contributed by atoms with E-state index in [1.165, 1.54) is 22.9 Å². The molecule has 0 bridgehead atoms. The summed E-state index contributed by atoms with van der Waals surface area (Å²) >= 11 is 0. The van der Waals surface area contributed by atoms with Crippen molar-refractivity contribution in [3.63, 3.8) is 0 Å². The van der Waals surface area contributed by atoms with Crippen LogP contribution in [-0.4, -0.2) is 41.3 Å². The monoisotopic (exact) mass is 442 g/mol. The van der Waals surface area contributed by atoms with Crippen molar-refractivity contribution in [3.8, 4) is 11.5 Å². The van der Waals surface area contributed by atoms with Crippen molar-refractivity contribution in [1.82, 2.24) is 15.1 Å². The third-order valence-electron chi connectivity index (χ3n) is 6.49. The normalized spacial score (nSPS) is 15.5. The van der Waals surface area contributed by atoms with Crippen LogP contribution < -0.4 is 4.90 Å². The minimum Gasteiger partial charge on any atom is -0.419 e. The summed E-state index contributed by atoms with van der Waals surface area (Å²) in [7, 11) is 0. The maximum absolute atomic E-state index is 14.9. The molecule has 0 N–H and O–H groups in total. The van der Waals surface area contributed by atoms with Crippen LogP contribution in [0.3, 0.4) is 0 Å². The fourth-order valence-corrected chi connectivity index (χ4v) is 4.52.